The molecule has 0 amide bonds. The van der Waals surface area contributed by atoms with Gasteiger partial charge >= 0.3 is 0 Å². The number of ether oxygens (including phenoxy) is 1. The van der Waals surface area contributed by atoms with E-state index in [-0.39, 0.29) is 12.4 Å². The molecule has 0 atom stereocenters. The lowest BCUT2D eigenvalue weighted by atomic mass is 10.2. The molecule has 17 heavy (non-hydrogen) atoms. The van der Waals surface area contributed by atoms with E-state index in [1.807, 2.05) is 0 Å². The number of hydrogen-bond acceptors (Lipinski definition) is 4. The van der Waals surface area contributed by atoms with Crippen molar-refractivity contribution in [2.45, 2.75) is 5.75 Å². The first kappa shape index (κ1) is 14.2. The highest BCUT2D eigenvalue weighted by atomic mass is 35.5. The van der Waals surface area contributed by atoms with Crippen LogP contribution in [0.15, 0.2) is 24.3 Å². The summed E-state index contributed by atoms with van der Waals surface area (Å²) in [6.07, 6.45) is 0. The molecule has 0 spiro atoms. The van der Waals surface area contributed by atoms with Crippen LogP contribution in [0.1, 0.15) is 5.56 Å². The van der Waals surface area contributed by atoms with Gasteiger partial charge in [0.2, 0.25) is 0 Å². The van der Waals surface area contributed by atoms with Gasteiger partial charge in [0.25, 0.3) is 0 Å². The summed E-state index contributed by atoms with van der Waals surface area (Å²) in [5.41, 5.74) is 0.611. The maximum atomic E-state index is 11.7. The maximum Gasteiger partial charge on any atom is 0.173 e. The van der Waals surface area contributed by atoms with Crippen LogP contribution in [0.25, 0.3) is 0 Å². The molecule has 1 aromatic carbocycles. The highest BCUT2D eigenvalue weighted by Crippen LogP contribution is 2.12. The Morgan fingerprint density at radius 3 is 2.41 bits per heavy atom. The minimum atomic E-state index is -3.44. The van der Waals surface area contributed by atoms with E-state index >= 15 is 0 Å². The molecule has 0 aromatic heterocycles. The largest absolute Gasteiger partial charge is 0.377 e. The maximum absolute atomic E-state index is 11.7. The van der Waals surface area contributed by atoms with Gasteiger partial charge in [-0.2, -0.15) is 0 Å². The van der Waals surface area contributed by atoms with Crippen molar-refractivity contribution in [2.75, 3.05) is 19.5 Å². The van der Waals surface area contributed by atoms with E-state index in [1.165, 1.54) is 7.11 Å². The van der Waals surface area contributed by atoms with Gasteiger partial charge in [-0.1, -0.05) is 23.7 Å². The number of sulfone groups is 1. The fourth-order valence-electron chi connectivity index (χ4n) is 1.33. The van der Waals surface area contributed by atoms with E-state index in [2.05, 4.69) is 4.74 Å². The van der Waals surface area contributed by atoms with Gasteiger partial charge in [0.1, 0.15) is 12.4 Å². The summed E-state index contributed by atoms with van der Waals surface area (Å²) < 4.78 is 27.9. The third kappa shape index (κ3) is 5.30. The van der Waals surface area contributed by atoms with Crippen molar-refractivity contribution < 1.29 is 17.9 Å². The van der Waals surface area contributed by atoms with Gasteiger partial charge in [0.05, 0.1) is 5.75 Å². The van der Waals surface area contributed by atoms with Crippen LogP contribution < -0.4 is 0 Å². The zero-order valence-corrected chi connectivity index (χ0v) is 10.9. The van der Waals surface area contributed by atoms with Crippen LogP contribution in [-0.2, 0) is 25.1 Å². The molecule has 1 aromatic rings. The Hall–Kier alpha value is -0.910. The topological polar surface area (TPSA) is 60.4 Å². The average Bonchev–Trinajstić information content (AvgIpc) is 2.20. The van der Waals surface area contributed by atoms with Gasteiger partial charge < -0.3 is 4.74 Å². The van der Waals surface area contributed by atoms with Crippen molar-refractivity contribution in [3.8, 4) is 0 Å². The van der Waals surface area contributed by atoms with Gasteiger partial charge in [-0.25, -0.2) is 8.42 Å². The van der Waals surface area contributed by atoms with Gasteiger partial charge in [-0.3, -0.25) is 4.79 Å². The second-order valence-corrected chi connectivity index (χ2v) is 6.13. The fourth-order valence-corrected chi connectivity index (χ4v) is 2.84. The number of carbonyl (C=O) groups is 1. The van der Waals surface area contributed by atoms with Crippen molar-refractivity contribution in [2.24, 2.45) is 0 Å². The minimum absolute atomic E-state index is 0.167. The zero-order valence-electron chi connectivity index (χ0n) is 9.35. The number of Topliss-reactive ketones (excluding diaryl/α,β-unsaturated/α-hetero) is 1. The Morgan fingerprint density at radius 1 is 1.29 bits per heavy atom. The lowest BCUT2D eigenvalue weighted by Gasteiger charge is -2.04. The third-order valence-corrected chi connectivity index (χ3v) is 3.77. The summed E-state index contributed by atoms with van der Waals surface area (Å²) in [7, 11) is -2.09. The molecule has 0 heterocycles. The fraction of sp³-hybridized carbons (Fsp3) is 0.364. The second-order valence-electron chi connectivity index (χ2n) is 3.63. The van der Waals surface area contributed by atoms with Crippen molar-refractivity contribution >= 4 is 27.2 Å². The molecule has 0 radical (unpaired) electrons. The summed E-state index contributed by atoms with van der Waals surface area (Å²) in [5, 5.41) is 0.543. The molecule has 4 nitrogen and oxygen atoms in total. The molecule has 1 rings (SSSR count). The van der Waals surface area contributed by atoms with E-state index in [1.54, 1.807) is 24.3 Å². The minimum Gasteiger partial charge on any atom is -0.377 e. The standard InChI is InChI=1S/C11H13ClO4S/c1-16-6-11(13)8-17(14,15)7-9-2-4-10(12)5-3-9/h2-5H,6-8H2,1H3. The summed E-state index contributed by atoms with van der Waals surface area (Å²) in [6.45, 7) is -0.181. The van der Waals surface area contributed by atoms with Crippen LogP contribution in [-0.4, -0.2) is 33.7 Å². The molecule has 0 aliphatic rings. The van der Waals surface area contributed by atoms with Gasteiger partial charge in [0.15, 0.2) is 15.6 Å². The first-order valence-corrected chi connectivity index (χ1v) is 7.08. The van der Waals surface area contributed by atoms with Crippen molar-refractivity contribution in [3.63, 3.8) is 0 Å². The normalized spacial score (nSPS) is 11.4. The monoisotopic (exact) mass is 276 g/mol. The van der Waals surface area contributed by atoms with Gasteiger partial charge in [-0.05, 0) is 17.7 Å². The van der Waals surface area contributed by atoms with Crippen LogP contribution in [0.3, 0.4) is 0 Å². The highest BCUT2D eigenvalue weighted by molar-refractivity contribution is 7.91. The number of hydrogen-bond donors (Lipinski definition) is 0. The number of halogens is 1. The molecule has 0 aliphatic heterocycles. The van der Waals surface area contributed by atoms with E-state index in [0.29, 0.717) is 10.6 Å². The molecule has 94 valence electrons. The van der Waals surface area contributed by atoms with Crippen molar-refractivity contribution in [1.82, 2.24) is 0 Å². The molecule has 0 N–H and O–H groups in total. The molecular formula is C11H13ClO4S. The van der Waals surface area contributed by atoms with Crippen LogP contribution in [0.5, 0.6) is 0 Å². The van der Waals surface area contributed by atoms with E-state index < -0.39 is 21.4 Å². The molecular weight excluding hydrogens is 264 g/mol. The summed E-state index contributed by atoms with van der Waals surface area (Å²) >= 11 is 5.69. The Balaban J connectivity index is 2.66. The predicted molar refractivity (Wildman–Crippen MR) is 65.8 cm³/mol. The number of carbonyl (C=O) groups excluding carboxylic acids is 1. The van der Waals surface area contributed by atoms with Crippen LogP contribution in [0, 0.1) is 0 Å². The third-order valence-electron chi connectivity index (χ3n) is 1.99. The van der Waals surface area contributed by atoms with E-state index in [9.17, 15) is 13.2 Å². The number of benzene rings is 1. The summed E-state index contributed by atoms with van der Waals surface area (Å²) in [6, 6.07) is 6.48. The average molecular weight is 277 g/mol. The molecule has 0 saturated carbocycles. The number of ketones is 1. The first-order chi connectivity index (χ1) is 7.93. The number of rotatable bonds is 6. The van der Waals surface area contributed by atoms with Gasteiger partial charge in [0, 0.05) is 12.1 Å². The summed E-state index contributed by atoms with van der Waals surface area (Å²) in [5.74, 6) is -1.11. The second kappa shape index (κ2) is 6.14. The van der Waals surface area contributed by atoms with E-state index in [4.69, 9.17) is 11.6 Å². The SMILES string of the molecule is COCC(=O)CS(=O)(=O)Cc1ccc(Cl)cc1. The quantitative estimate of drug-likeness (QED) is 0.789. The molecule has 0 fully saturated rings. The van der Waals surface area contributed by atoms with Gasteiger partial charge in [-0.15, -0.1) is 0 Å². The molecule has 0 bridgehead atoms. The highest BCUT2D eigenvalue weighted by Gasteiger charge is 2.17. The summed E-state index contributed by atoms with van der Waals surface area (Å²) in [4.78, 5) is 11.2. The molecule has 0 saturated heterocycles. The van der Waals surface area contributed by atoms with Crippen LogP contribution in [0.4, 0.5) is 0 Å². The Kier molecular flexibility index (Phi) is 5.11. The van der Waals surface area contributed by atoms with E-state index in [0.717, 1.165) is 0 Å². The lowest BCUT2D eigenvalue weighted by molar-refractivity contribution is -0.120. The molecule has 0 unspecified atom stereocenters. The molecule has 6 heteroatoms. The Morgan fingerprint density at radius 2 is 1.88 bits per heavy atom. The van der Waals surface area contributed by atoms with Crippen molar-refractivity contribution in [1.29, 1.82) is 0 Å². The molecule has 0 aliphatic carbocycles. The number of methoxy groups -OCH3 is 1. The van der Waals surface area contributed by atoms with Crippen molar-refractivity contribution in [3.05, 3.63) is 34.9 Å². The lowest BCUT2D eigenvalue weighted by Crippen LogP contribution is -2.21. The zero-order chi connectivity index (χ0) is 12.9. The van der Waals surface area contributed by atoms with Crippen LogP contribution in [0.2, 0.25) is 5.02 Å². The Bertz CT molecular complexity index is 479. The first-order valence-electron chi connectivity index (χ1n) is 4.88. The smallest absolute Gasteiger partial charge is 0.173 e. The van der Waals surface area contributed by atoms with Crippen LogP contribution >= 0.6 is 11.6 Å². The Labute approximate surface area is 105 Å². The predicted octanol–water partition coefficient (Wildman–Crippen LogP) is 1.47.